The van der Waals surface area contributed by atoms with Crippen molar-refractivity contribution < 1.29 is 4.74 Å². The Hall–Kier alpha value is -0.0500. The van der Waals surface area contributed by atoms with E-state index < -0.39 is 0 Å². The van der Waals surface area contributed by atoms with E-state index in [-0.39, 0.29) is 11.5 Å². The molecule has 0 spiro atoms. The summed E-state index contributed by atoms with van der Waals surface area (Å²) in [7, 11) is 0. The van der Waals surface area contributed by atoms with Gasteiger partial charge in [0.25, 0.3) is 0 Å². The van der Waals surface area contributed by atoms with Gasteiger partial charge in [-0.25, -0.2) is 0 Å². The molecule has 0 N–H and O–H groups in total. The van der Waals surface area contributed by atoms with Gasteiger partial charge in [-0.3, -0.25) is 0 Å². The van der Waals surface area contributed by atoms with E-state index in [0.29, 0.717) is 17.9 Å². The molecule has 96 valence electrons. The van der Waals surface area contributed by atoms with Crippen LogP contribution >= 0.6 is 22.9 Å². The molecule has 5 atom stereocenters. The van der Waals surface area contributed by atoms with Crippen LogP contribution < -0.4 is 0 Å². The Labute approximate surface area is 113 Å². The first-order valence-corrected chi connectivity index (χ1v) is 7.53. The lowest BCUT2D eigenvalue weighted by Gasteiger charge is -2.23. The van der Waals surface area contributed by atoms with Crippen LogP contribution in [0.3, 0.4) is 0 Å². The molecule has 1 nitrogen and oxygen atoms in total. The van der Waals surface area contributed by atoms with Gasteiger partial charge in [-0.1, -0.05) is 6.92 Å². The predicted molar refractivity (Wildman–Crippen MR) is 75.1 cm³/mol. The molecule has 0 amide bonds. The smallest absolute Gasteiger partial charge is 0.0737 e. The van der Waals surface area contributed by atoms with Crippen molar-refractivity contribution in [3.05, 3.63) is 21.4 Å². The van der Waals surface area contributed by atoms with Crippen LogP contribution in [0.5, 0.6) is 0 Å². The van der Waals surface area contributed by atoms with Crippen molar-refractivity contribution in [3.63, 3.8) is 0 Å². The maximum Gasteiger partial charge on any atom is 0.0737 e. The number of thiophene rings is 1. The maximum absolute atomic E-state index is 6.72. The van der Waals surface area contributed by atoms with Gasteiger partial charge in [-0.05, 0) is 45.2 Å². The summed E-state index contributed by atoms with van der Waals surface area (Å²) in [6, 6.07) is 2.23. The van der Waals surface area contributed by atoms with Crippen LogP contribution in [0, 0.1) is 25.7 Å². The largest absolute Gasteiger partial charge is 0.375 e. The van der Waals surface area contributed by atoms with Gasteiger partial charge in [0.15, 0.2) is 0 Å². The van der Waals surface area contributed by atoms with E-state index in [9.17, 15) is 0 Å². The molecule has 1 fully saturated rings. The summed E-state index contributed by atoms with van der Waals surface area (Å²) in [5, 5.41) is 0.0867. The second-order valence-corrected chi connectivity index (χ2v) is 7.05. The van der Waals surface area contributed by atoms with Crippen LogP contribution in [0.25, 0.3) is 0 Å². The van der Waals surface area contributed by atoms with Gasteiger partial charge in [0.2, 0.25) is 0 Å². The molecule has 0 aliphatic carbocycles. The molecular weight excluding hydrogens is 252 g/mol. The Balaban J connectivity index is 2.25. The zero-order chi connectivity index (χ0) is 12.7. The van der Waals surface area contributed by atoms with Crippen molar-refractivity contribution >= 4 is 22.9 Å². The molecule has 1 aliphatic rings. The monoisotopic (exact) mass is 272 g/mol. The first kappa shape index (κ1) is 13.4. The van der Waals surface area contributed by atoms with Gasteiger partial charge in [-0.2, -0.15) is 0 Å². The lowest BCUT2D eigenvalue weighted by molar-refractivity contribution is 0.0508. The standard InChI is InChI=1S/C14H21ClOS/c1-7-6-8(2)17-14(7)13(15)12-9(3)10(4)16-11(12)5/h6,9-13H,1-5H3. The first-order valence-electron chi connectivity index (χ1n) is 6.28. The summed E-state index contributed by atoms with van der Waals surface area (Å²) < 4.78 is 5.90. The zero-order valence-electron chi connectivity index (χ0n) is 11.2. The fraction of sp³-hybridized carbons (Fsp3) is 0.714. The number of ether oxygens (including phenoxy) is 1. The van der Waals surface area contributed by atoms with E-state index in [0.717, 1.165) is 0 Å². The number of aryl methyl sites for hydroxylation is 2. The third-order valence-electron chi connectivity index (χ3n) is 3.99. The first-order chi connectivity index (χ1) is 7.91. The molecule has 1 saturated heterocycles. The van der Waals surface area contributed by atoms with Gasteiger partial charge in [0.1, 0.15) is 0 Å². The van der Waals surface area contributed by atoms with Crippen LogP contribution in [0.1, 0.15) is 41.5 Å². The van der Waals surface area contributed by atoms with Gasteiger partial charge < -0.3 is 4.74 Å². The molecule has 0 aromatic carbocycles. The minimum Gasteiger partial charge on any atom is -0.375 e. The van der Waals surface area contributed by atoms with Crippen molar-refractivity contribution in [1.82, 2.24) is 0 Å². The molecule has 3 heteroatoms. The van der Waals surface area contributed by atoms with Crippen LogP contribution in [-0.2, 0) is 4.74 Å². The van der Waals surface area contributed by atoms with Crippen molar-refractivity contribution in [1.29, 1.82) is 0 Å². The van der Waals surface area contributed by atoms with Gasteiger partial charge in [-0.15, -0.1) is 22.9 Å². The molecule has 0 radical (unpaired) electrons. The summed E-state index contributed by atoms with van der Waals surface area (Å²) in [4.78, 5) is 2.67. The van der Waals surface area contributed by atoms with Crippen molar-refractivity contribution in [2.45, 2.75) is 52.2 Å². The Morgan fingerprint density at radius 2 is 1.88 bits per heavy atom. The van der Waals surface area contributed by atoms with E-state index in [1.54, 1.807) is 0 Å². The normalized spacial score (nSPS) is 35.2. The maximum atomic E-state index is 6.72. The molecule has 17 heavy (non-hydrogen) atoms. The minimum atomic E-state index is 0.0867. The molecule has 0 saturated carbocycles. The third kappa shape index (κ3) is 2.40. The summed E-state index contributed by atoms with van der Waals surface area (Å²) in [6.45, 7) is 10.9. The molecular formula is C14H21ClOS. The van der Waals surface area contributed by atoms with Crippen LogP contribution in [0.4, 0.5) is 0 Å². The molecule has 5 unspecified atom stereocenters. The Bertz CT molecular complexity index is 401. The van der Waals surface area contributed by atoms with Crippen molar-refractivity contribution in [2.24, 2.45) is 11.8 Å². The SMILES string of the molecule is Cc1cc(C)c(C(Cl)C2C(C)OC(C)C2C)s1. The van der Waals surface area contributed by atoms with E-state index >= 15 is 0 Å². The highest BCUT2D eigenvalue weighted by molar-refractivity contribution is 7.12. The Morgan fingerprint density at radius 3 is 2.29 bits per heavy atom. The second kappa shape index (κ2) is 4.91. The van der Waals surface area contributed by atoms with Gasteiger partial charge in [0.05, 0.1) is 17.6 Å². The average Bonchev–Trinajstić information content (AvgIpc) is 2.68. The second-order valence-electron chi connectivity index (χ2n) is 5.29. The van der Waals surface area contributed by atoms with Crippen molar-refractivity contribution in [3.8, 4) is 0 Å². The quantitative estimate of drug-likeness (QED) is 0.709. The summed E-state index contributed by atoms with van der Waals surface area (Å²) >= 11 is 8.54. The van der Waals surface area contributed by atoms with Gasteiger partial charge in [0, 0.05) is 15.7 Å². The number of hydrogen-bond acceptors (Lipinski definition) is 2. The van der Waals surface area contributed by atoms with Crippen LogP contribution in [0.2, 0.25) is 0 Å². The predicted octanol–water partition coefficient (Wildman–Crippen LogP) is 4.70. The molecule has 1 aliphatic heterocycles. The average molecular weight is 273 g/mol. The lowest BCUT2D eigenvalue weighted by Crippen LogP contribution is -2.21. The summed E-state index contributed by atoms with van der Waals surface area (Å²) in [5.74, 6) is 0.942. The molecule has 1 aromatic rings. The van der Waals surface area contributed by atoms with Gasteiger partial charge >= 0.3 is 0 Å². The van der Waals surface area contributed by atoms with Crippen LogP contribution in [-0.4, -0.2) is 12.2 Å². The molecule has 0 bridgehead atoms. The molecule has 2 rings (SSSR count). The van der Waals surface area contributed by atoms with Crippen LogP contribution in [0.15, 0.2) is 6.07 Å². The third-order valence-corrected chi connectivity index (χ3v) is 5.86. The number of halogens is 1. The van der Waals surface area contributed by atoms with Crippen molar-refractivity contribution in [2.75, 3.05) is 0 Å². The highest BCUT2D eigenvalue weighted by Gasteiger charge is 2.42. The number of rotatable bonds is 2. The number of alkyl halides is 1. The van der Waals surface area contributed by atoms with E-state index in [2.05, 4.69) is 40.7 Å². The zero-order valence-corrected chi connectivity index (χ0v) is 12.7. The fourth-order valence-electron chi connectivity index (χ4n) is 2.91. The minimum absolute atomic E-state index is 0.0867. The van der Waals surface area contributed by atoms with E-state index in [4.69, 9.17) is 16.3 Å². The Kier molecular flexibility index (Phi) is 3.86. The molecule has 1 aromatic heterocycles. The highest BCUT2D eigenvalue weighted by atomic mass is 35.5. The number of hydrogen-bond donors (Lipinski definition) is 0. The van der Waals surface area contributed by atoms with E-state index in [1.807, 2.05) is 11.3 Å². The topological polar surface area (TPSA) is 9.23 Å². The fourth-order valence-corrected chi connectivity index (χ4v) is 4.72. The Morgan fingerprint density at radius 1 is 1.24 bits per heavy atom. The summed E-state index contributed by atoms with van der Waals surface area (Å²) in [6.07, 6.45) is 0.571. The lowest BCUT2D eigenvalue weighted by atomic mass is 9.85. The molecule has 2 heterocycles. The van der Waals surface area contributed by atoms with E-state index in [1.165, 1.54) is 15.3 Å². The highest BCUT2D eigenvalue weighted by Crippen LogP contribution is 2.46. The summed E-state index contributed by atoms with van der Waals surface area (Å²) in [5.41, 5.74) is 1.33.